The van der Waals surface area contributed by atoms with E-state index in [2.05, 4.69) is 11.0 Å². The van der Waals surface area contributed by atoms with Gasteiger partial charge in [0.2, 0.25) is 0 Å². The van der Waals surface area contributed by atoms with Crippen LogP contribution in [0.1, 0.15) is 12.0 Å². The largest absolute Gasteiger partial charge is 0.399 e. The molecule has 0 aliphatic carbocycles. The van der Waals surface area contributed by atoms with E-state index in [1.165, 1.54) is 11.3 Å². The molecular weight excluding hydrogens is 179 g/mol. The van der Waals surface area contributed by atoms with Gasteiger partial charge in [0.15, 0.2) is 0 Å². The molecule has 2 rings (SSSR count). The molecule has 0 spiro atoms. The van der Waals surface area contributed by atoms with E-state index >= 15 is 0 Å². The molecule has 76 valence electrons. The molecule has 1 aliphatic heterocycles. The van der Waals surface area contributed by atoms with Crippen molar-refractivity contribution in [3.05, 3.63) is 23.8 Å². The number of hydrogen-bond donors (Lipinski definition) is 1. The minimum Gasteiger partial charge on any atom is -0.399 e. The molecule has 1 aliphatic rings. The number of rotatable bonds is 3. The summed E-state index contributed by atoms with van der Waals surface area (Å²) in [5, 5.41) is 0. The summed E-state index contributed by atoms with van der Waals surface area (Å²) >= 11 is 0. The molecule has 2 N–H and O–H groups in total. The molecule has 2 nitrogen and oxygen atoms in total. The number of nitrogen functional groups attached to an aromatic ring is 1. The van der Waals surface area contributed by atoms with Gasteiger partial charge in [0.05, 0.1) is 6.67 Å². The van der Waals surface area contributed by atoms with Gasteiger partial charge in [-0.05, 0) is 30.5 Å². The molecule has 1 heterocycles. The van der Waals surface area contributed by atoms with Gasteiger partial charge in [-0.3, -0.25) is 4.39 Å². The average Bonchev–Trinajstić information content (AvgIpc) is 2.57. The highest BCUT2D eigenvalue weighted by atomic mass is 19.1. The first-order chi connectivity index (χ1) is 6.81. The van der Waals surface area contributed by atoms with Crippen LogP contribution in [0.15, 0.2) is 18.2 Å². The zero-order chi connectivity index (χ0) is 9.97. The summed E-state index contributed by atoms with van der Waals surface area (Å²) in [6.45, 7) is 1.56. The predicted octanol–water partition coefficient (Wildman–Crippen LogP) is 1.99. The monoisotopic (exact) mass is 194 g/mol. The number of nitrogens with two attached hydrogens (primary N) is 1. The van der Waals surface area contributed by atoms with Crippen molar-refractivity contribution in [3.8, 4) is 0 Å². The highest BCUT2D eigenvalue weighted by Crippen LogP contribution is 2.29. The maximum absolute atomic E-state index is 12.1. The highest BCUT2D eigenvalue weighted by Gasteiger charge is 2.18. The van der Waals surface area contributed by atoms with Gasteiger partial charge in [-0.2, -0.15) is 0 Å². The summed E-state index contributed by atoms with van der Waals surface area (Å²) in [6.07, 6.45) is 1.66. The lowest BCUT2D eigenvalue weighted by Gasteiger charge is -2.18. The van der Waals surface area contributed by atoms with Crippen LogP contribution in [0.3, 0.4) is 0 Å². The van der Waals surface area contributed by atoms with Crippen LogP contribution in [0.5, 0.6) is 0 Å². The van der Waals surface area contributed by atoms with E-state index in [0.29, 0.717) is 6.42 Å². The highest BCUT2D eigenvalue weighted by molar-refractivity contribution is 5.64. The summed E-state index contributed by atoms with van der Waals surface area (Å²) in [6, 6.07) is 5.98. The molecular formula is C11H15FN2. The molecule has 0 atom stereocenters. The lowest BCUT2D eigenvalue weighted by atomic mass is 10.1. The van der Waals surface area contributed by atoms with Crippen LogP contribution in [-0.2, 0) is 6.42 Å². The van der Waals surface area contributed by atoms with Gasteiger partial charge >= 0.3 is 0 Å². The first-order valence-electron chi connectivity index (χ1n) is 5.00. The Balaban J connectivity index is 2.16. The van der Waals surface area contributed by atoms with E-state index in [-0.39, 0.29) is 6.67 Å². The predicted molar refractivity (Wildman–Crippen MR) is 57.4 cm³/mol. The van der Waals surface area contributed by atoms with E-state index in [9.17, 15) is 4.39 Å². The molecule has 0 fully saturated rings. The molecule has 0 aromatic heterocycles. The standard InChI is InChI=1S/C11H15FN2/c12-5-1-6-14-7-4-9-2-3-10(13)8-11(9)14/h2-3,8H,1,4-7,13H2. The van der Waals surface area contributed by atoms with Gasteiger partial charge in [0, 0.05) is 24.5 Å². The molecule has 14 heavy (non-hydrogen) atoms. The topological polar surface area (TPSA) is 29.3 Å². The Hall–Kier alpha value is -1.25. The fourth-order valence-electron chi connectivity index (χ4n) is 1.95. The molecule has 3 heteroatoms. The number of halogens is 1. The summed E-state index contributed by atoms with van der Waals surface area (Å²) in [5.74, 6) is 0. The minimum absolute atomic E-state index is 0.242. The van der Waals surface area contributed by atoms with Crippen LogP contribution in [-0.4, -0.2) is 19.8 Å². The van der Waals surface area contributed by atoms with Crippen molar-refractivity contribution in [1.82, 2.24) is 0 Å². The number of benzene rings is 1. The fourth-order valence-corrected chi connectivity index (χ4v) is 1.95. The maximum Gasteiger partial charge on any atom is 0.0911 e. The third-order valence-corrected chi connectivity index (χ3v) is 2.66. The summed E-state index contributed by atoms with van der Waals surface area (Å²) in [7, 11) is 0. The molecule has 1 aromatic rings. The van der Waals surface area contributed by atoms with Crippen LogP contribution >= 0.6 is 0 Å². The van der Waals surface area contributed by atoms with E-state index in [4.69, 9.17) is 5.73 Å². The van der Waals surface area contributed by atoms with Gasteiger partial charge in [0.1, 0.15) is 0 Å². The SMILES string of the molecule is Nc1ccc2c(c1)N(CCCF)CC2. The lowest BCUT2D eigenvalue weighted by molar-refractivity contribution is 0.472. The van der Waals surface area contributed by atoms with Gasteiger partial charge in [0.25, 0.3) is 0 Å². The Bertz CT molecular complexity index is 325. The quantitative estimate of drug-likeness (QED) is 0.746. The summed E-state index contributed by atoms with van der Waals surface area (Å²) in [4.78, 5) is 2.21. The fraction of sp³-hybridized carbons (Fsp3) is 0.455. The van der Waals surface area contributed by atoms with Crippen molar-refractivity contribution >= 4 is 11.4 Å². The average molecular weight is 194 g/mol. The van der Waals surface area contributed by atoms with Gasteiger partial charge < -0.3 is 10.6 Å². The Labute approximate surface area is 83.5 Å². The Morgan fingerprint density at radius 2 is 2.29 bits per heavy atom. The number of alkyl halides is 1. The van der Waals surface area contributed by atoms with Crippen LogP contribution in [0, 0.1) is 0 Å². The lowest BCUT2D eigenvalue weighted by Crippen LogP contribution is -2.22. The molecule has 0 saturated carbocycles. The van der Waals surface area contributed by atoms with Crippen molar-refractivity contribution < 1.29 is 4.39 Å². The third-order valence-electron chi connectivity index (χ3n) is 2.66. The molecule has 0 radical (unpaired) electrons. The summed E-state index contributed by atoms with van der Waals surface area (Å²) in [5.41, 5.74) is 9.03. The van der Waals surface area contributed by atoms with Crippen molar-refractivity contribution in [2.24, 2.45) is 0 Å². The van der Waals surface area contributed by atoms with Crippen molar-refractivity contribution in [2.75, 3.05) is 30.4 Å². The van der Waals surface area contributed by atoms with Gasteiger partial charge in [-0.15, -0.1) is 0 Å². The van der Waals surface area contributed by atoms with Crippen molar-refractivity contribution in [3.63, 3.8) is 0 Å². The number of nitrogens with zero attached hydrogens (tertiary/aromatic N) is 1. The van der Waals surface area contributed by atoms with Gasteiger partial charge in [-0.1, -0.05) is 6.07 Å². The van der Waals surface area contributed by atoms with Crippen LogP contribution in [0.25, 0.3) is 0 Å². The normalized spacial score (nSPS) is 14.5. The van der Waals surface area contributed by atoms with E-state index in [1.54, 1.807) is 0 Å². The maximum atomic E-state index is 12.1. The number of anilines is 2. The third kappa shape index (κ3) is 1.67. The minimum atomic E-state index is -0.242. The Morgan fingerprint density at radius 1 is 1.43 bits per heavy atom. The number of hydrogen-bond acceptors (Lipinski definition) is 2. The Kier molecular flexibility index (Phi) is 2.57. The van der Waals surface area contributed by atoms with Crippen molar-refractivity contribution in [2.45, 2.75) is 12.8 Å². The Morgan fingerprint density at radius 3 is 3.07 bits per heavy atom. The van der Waals surface area contributed by atoms with E-state index < -0.39 is 0 Å². The second kappa shape index (κ2) is 3.86. The molecule has 0 saturated heterocycles. The summed E-state index contributed by atoms with van der Waals surface area (Å²) < 4.78 is 12.1. The smallest absolute Gasteiger partial charge is 0.0911 e. The molecule has 1 aromatic carbocycles. The molecule has 0 bridgehead atoms. The second-order valence-corrected chi connectivity index (χ2v) is 3.67. The van der Waals surface area contributed by atoms with E-state index in [0.717, 1.165) is 25.2 Å². The second-order valence-electron chi connectivity index (χ2n) is 3.67. The molecule has 0 amide bonds. The van der Waals surface area contributed by atoms with E-state index in [1.807, 2.05) is 12.1 Å². The van der Waals surface area contributed by atoms with Crippen molar-refractivity contribution in [1.29, 1.82) is 0 Å². The van der Waals surface area contributed by atoms with Gasteiger partial charge in [-0.25, -0.2) is 0 Å². The first kappa shape index (κ1) is 9.31. The van der Waals surface area contributed by atoms with Crippen LogP contribution in [0.4, 0.5) is 15.8 Å². The molecule has 0 unspecified atom stereocenters. The number of fused-ring (bicyclic) bond motifs is 1. The van der Waals surface area contributed by atoms with Crippen LogP contribution in [0.2, 0.25) is 0 Å². The van der Waals surface area contributed by atoms with Crippen LogP contribution < -0.4 is 10.6 Å². The zero-order valence-corrected chi connectivity index (χ0v) is 8.17. The zero-order valence-electron chi connectivity index (χ0n) is 8.17. The first-order valence-corrected chi connectivity index (χ1v) is 5.00.